The SMILES string of the molecule is CCN(CC)CCNC(=O)c1cc(Cl)ccc1OC(=O)CC(O)(CC(=O)O)C(=O)O. The molecule has 1 aromatic rings. The number of carboxylic acids is 2. The first-order valence-electron chi connectivity index (χ1n) is 9.20. The van der Waals surface area contributed by atoms with Gasteiger partial charge in [0.2, 0.25) is 0 Å². The maximum Gasteiger partial charge on any atom is 0.336 e. The van der Waals surface area contributed by atoms with Crippen molar-refractivity contribution in [3.05, 3.63) is 28.8 Å². The van der Waals surface area contributed by atoms with Crippen LogP contribution in [0.2, 0.25) is 5.02 Å². The number of hydrogen-bond donors (Lipinski definition) is 4. The van der Waals surface area contributed by atoms with Gasteiger partial charge in [0, 0.05) is 18.1 Å². The van der Waals surface area contributed by atoms with Crippen molar-refractivity contribution in [2.45, 2.75) is 32.3 Å². The summed E-state index contributed by atoms with van der Waals surface area (Å²) in [6, 6.07) is 3.88. The minimum atomic E-state index is -2.85. The average molecular weight is 445 g/mol. The molecule has 0 aliphatic carbocycles. The maximum atomic E-state index is 12.5. The van der Waals surface area contributed by atoms with Gasteiger partial charge in [-0.25, -0.2) is 4.79 Å². The average Bonchev–Trinajstić information content (AvgIpc) is 2.65. The third-order valence-corrected chi connectivity index (χ3v) is 4.53. The lowest BCUT2D eigenvalue weighted by Crippen LogP contribution is -2.43. The maximum absolute atomic E-state index is 12.5. The first kappa shape index (κ1) is 25.3. The molecule has 11 heteroatoms. The van der Waals surface area contributed by atoms with Crippen LogP contribution < -0.4 is 10.1 Å². The number of rotatable bonds is 12. The Hall–Kier alpha value is -2.69. The summed E-state index contributed by atoms with van der Waals surface area (Å²) in [7, 11) is 0. The first-order valence-corrected chi connectivity index (χ1v) is 9.58. The predicted molar refractivity (Wildman–Crippen MR) is 107 cm³/mol. The number of carboxylic acid groups (broad SMARTS) is 2. The van der Waals surface area contributed by atoms with Gasteiger partial charge < -0.3 is 30.3 Å². The van der Waals surface area contributed by atoms with E-state index in [9.17, 15) is 24.3 Å². The van der Waals surface area contributed by atoms with E-state index in [1.165, 1.54) is 18.2 Å². The molecule has 1 amide bonds. The molecule has 0 aliphatic heterocycles. The zero-order chi connectivity index (χ0) is 22.9. The first-order chi connectivity index (χ1) is 14.0. The van der Waals surface area contributed by atoms with E-state index in [4.69, 9.17) is 26.6 Å². The second-order valence-corrected chi connectivity index (χ2v) is 6.92. The molecule has 0 radical (unpaired) electrons. The van der Waals surface area contributed by atoms with E-state index >= 15 is 0 Å². The van der Waals surface area contributed by atoms with Crippen molar-refractivity contribution in [2.24, 2.45) is 0 Å². The third kappa shape index (κ3) is 7.62. The number of likely N-dealkylation sites (N-methyl/N-ethyl adjacent to an activating group) is 1. The molecule has 0 aromatic heterocycles. The van der Waals surface area contributed by atoms with Gasteiger partial charge in [0.25, 0.3) is 5.91 Å². The van der Waals surface area contributed by atoms with E-state index in [0.29, 0.717) is 13.1 Å². The standard InChI is InChI=1S/C19H25ClN2O8/c1-3-22(4-2)8-7-21-17(26)13-9-12(20)5-6-14(13)30-16(25)11-19(29,18(27)28)10-15(23)24/h5-6,9,29H,3-4,7-8,10-11H2,1-2H3,(H,21,26)(H,23,24)(H,27,28). The van der Waals surface area contributed by atoms with E-state index < -0.39 is 42.3 Å². The summed E-state index contributed by atoms with van der Waals surface area (Å²) in [6.45, 7) is 6.54. The molecule has 1 aromatic carbocycles. The predicted octanol–water partition coefficient (Wildman–Crippen LogP) is 0.998. The molecular formula is C19H25ClN2O8. The molecule has 166 valence electrons. The summed E-state index contributed by atoms with van der Waals surface area (Å²) in [5.41, 5.74) is -2.91. The Morgan fingerprint density at radius 2 is 1.77 bits per heavy atom. The number of amides is 1. The number of aliphatic hydroxyl groups is 1. The number of hydrogen-bond acceptors (Lipinski definition) is 7. The molecule has 0 saturated carbocycles. The van der Waals surface area contributed by atoms with Crippen molar-refractivity contribution >= 4 is 35.4 Å². The molecule has 1 atom stereocenters. The normalized spacial score (nSPS) is 12.8. The number of ether oxygens (including phenoxy) is 1. The Kier molecular flexibility index (Phi) is 9.70. The van der Waals surface area contributed by atoms with Crippen LogP contribution in [0.1, 0.15) is 37.0 Å². The van der Waals surface area contributed by atoms with Gasteiger partial charge in [0.05, 0.1) is 18.4 Å². The second-order valence-electron chi connectivity index (χ2n) is 6.48. The fourth-order valence-electron chi connectivity index (χ4n) is 2.59. The van der Waals surface area contributed by atoms with Crippen molar-refractivity contribution in [2.75, 3.05) is 26.2 Å². The molecular weight excluding hydrogens is 420 g/mol. The molecule has 0 saturated heterocycles. The molecule has 30 heavy (non-hydrogen) atoms. The summed E-state index contributed by atoms with van der Waals surface area (Å²) in [5.74, 6) is -5.47. The number of carbonyl (C=O) groups is 4. The largest absolute Gasteiger partial charge is 0.481 e. The van der Waals surface area contributed by atoms with Crippen LogP contribution in [-0.2, 0) is 14.4 Å². The van der Waals surface area contributed by atoms with Crippen LogP contribution in [0.4, 0.5) is 0 Å². The monoisotopic (exact) mass is 444 g/mol. The highest BCUT2D eigenvalue weighted by Gasteiger charge is 2.41. The molecule has 0 spiro atoms. The zero-order valence-corrected chi connectivity index (χ0v) is 17.4. The number of benzene rings is 1. The molecule has 1 rings (SSSR count). The van der Waals surface area contributed by atoms with Gasteiger partial charge in [-0.3, -0.25) is 14.4 Å². The lowest BCUT2D eigenvalue weighted by atomic mass is 9.96. The number of halogens is 1. The van der Waals surface area contributed by atoms with Crippen molar-refractivity contribution in [3.63, 3.8) is 0 Å². The van der Waals surface area contributed by atoms with Crippen LogP contribution in [0.5, 0.6) is 5.75 Å². The number of nitrogens with one attached hydrogen (secondary N) is 1. The minimum Gasteiger partial charge on any atom is -0.481 e. The van der Waals surface area contributed by atoms with Gasteiger partial charge in [-0.05, 0) is 31.3 Å². The van der Waals surface area contributed by atoms with Gasteiger partial charge in [-0.2, -0.15) is 0 Å². The van der Waals surface area contributed by atoms with Gasteiger partial charge in [-0.1, -0.05) is 25.4 Å². The highest BCUT2D eigenvalue weighted by atomic mass is 35.5. The zero-order valence-electron chi connectivity index (χ0n) is 16.7. The van der Waals surface area contributed by atoms with E-state index in [-0.39, 0.29) is 16.3 Å². The smallest absolute Gasteiger partial charge is 0.336 e. The highest BCUT2D eigenvalue weighted by molar-refractivity contribution is 6.31. The summed E-state index contributed by atoms with van der Waals surface area (Å²) in [4.78, 5) is 48.7. The van der Waals surface area contributed by atoms with Crippen LogP contribution >= 0.6 is 11.6 Å². The van der Waals surface area contributed by atoms with Gasteiger partial charge in [-0.15, -0.1) is 0 Å². The third-order valence-electron chi connectivity index (χ3n) is 4.30. The summed E-state index contributed by atoms with van der Waals surface area (Å²) >= 11 is 5.92. The molecule has 0 aliphatic rings. The fraction of sp³-hybridized carbons (Fsp3) is 0.474. The van der Waals surface area contributed by atoms with Gasteiger partial charge >= 0.3 is 17.9 Å². The highest BCUT2D eigenvalue weighted by Crippen LogP contribution is 2.25. The quantitative estimate of drug-likeness (QED) is 0.273. The summed E-state index contributed by atoms with van der Waals surface area (Å²) in [6.07, 6.45) is -2.32. The Labute approximate surface area is 178 Å². The van der Waals surface area contributed by atoms with Crippen LogP contribution in [-0.4, -0.2) is 75.8 Å². The van der Waals surface area contributed by atoms with Crippen molar-refractivity contribution < 1.29 is 39.2 Å². The molecule has 10 nitrogen and oxygen atoms in total. The van der Waals surface area contributed by atoms with E-state index in [0.717, 1.165) is 13.1 Å². The van der Waals surface area contributed by atoms with E-state index in [1.54, 1.807) is 0 Å². The molecule has 4 N–H and O–H groups in total. The fourth-order valence-corrected chi connectivity index (χ4v) is 2.76. The van der Waals surface area contributed by atoms with Gasteiger partial charge in [0.15, 0.2) is 5.60 Å². The van der Waals surface area contributed by atoms with Crippen LogP contribution in [0.3, 0.4) is 0 Å². The number of carbonyl (C=O) groups excluding carboxylic acids is 2. The topological polar surface area (TPSA) is 153 Å². The lowest BCUT2D eigenvalue weighted by Gasteiger charge is -2.20. The Balaban J connectivity index is 2.92. The number of esters is 1. The van der Waals surface area contributed by atoms with Crippen LogP contribution in [0, 0.1) is 0 Å². The van der Waals surface area contributed by atoms with Crippen molar-refractivity contribution in [3.8, 4) is 5.75 Å². The Bertz CT molecular complexity index is 797. The molecule has 1 unspecified atom stereocenters. The van der Waals surface area contributed by atoms with Gasteiger partial charge in [0.1, 0.15) is 5.75 Å². The second kappa shape index (κ2) is 11.5. The van der Waals surface area contributed by atoms with Crippen molar-refractivity contribution in [1.82, 2.24) is 10.2 Å². The molecule has 0 heterocycles. The van der Waals surface area contributed by atoms with E-state index in [1.807, 2.05) is 13.8 Å². The van der Waals surface area contributed by atoms with Crippen molar-refractivity contribution in [1.29, 1.82) is 0 Å². The Morgan fingerprint density at radius 1 is 1.13 bits per heavy atom. The lowest BCUT2D eigenvalue weighted by molar-refractivity contribution is -0.169. The minimum absolute atomic E-state index is 0.0625. The number of aliphatic carboxylic acids is 2. The summed E-state index contributed by atoms with van der Waals surface area (Å²) in [5, 5.41) is 30.7. The Morgan fingerprint density at radius 3 is 2.30 bits per heavy atom. The van der Waals surface area contributed by atoms with E-state index in [2.05, 4.69) is 10.2 Å². The summed E-state index contributed by atoms with van der Waals surface area (Å²) < 4.78 is 5.03. The molecule has 0 fully saturated rings. The van der Waals surface area contributed by atoms with Crippen LogP contribution in [0.25, 0.3) is 0 Å². The van der Waals surface area contributed by atoms with Crippen LogP contribution in [0.15, 0.2) is 18.2 Å². The molecule has 0 bridgehead atoms. The number of nitrogens with zero attached hydrogens (tertiary/aromatic N) is 1.